The number of rotatable bonds is 2. The van der Waals surface area contributed by atoms with Gasteiger partial charge in [0.1, 0.15) is 5.65 Å². The Hall–Kier alpha value is -1.06. The third-order valence-electron chi connectivity index (χ3n) is 2.36. The first-order valence-corrected chi connectivity index (χ1v) is 4.92. The van der Waals surface area contributed by atoms with Gasteiger partial charge in [0, 0.05) is 30.6 Å². The number of pyridine rings is 1. The third kappa shape index (κ3) is 1.49. The predicted octanol–water partition coefficient (Wildman–Crippen LogP) is 2.05. The summed E-state index contributed by atoms with van der Waals surface area (Å²) in [4.78, 5) is 4.28. The van der Waals surface area contributed by atoms with Crippen LogP contribution >= 0.6 is 11.6 Å². The molecule has 0 aliphatic carbocycles. The van der Waals surface area contributed by atoms with Crippen molar-refractivity contribution < 1.29 is 0 Å². The maximum Gasteiger partial charge on any atom is 0.136 e. The fraction of sp³-hybridized carbons (Fsp3) is 0.300. The van der Waals surface area contributed by atoms with E-state index in [1.54, 1.807) is 0 Å². The van der Waals surface area contributed by atoms with Gasteiger partial charge in [0.15, 0.2) is 0 Å². The average Bonchev–Trinajstić information content (AvgIpc) is 2.59. The summed E-state index contributed by atoms with van der Waals surface area (Å²) in [5.74, 6) is 0.295. The van der Waals surface area contributed by atoms with Crippen LogP contribution in [0.15, 0.2) is 24.5 Å². The zero-order chi connectivity index (χ0) is 10.1. The minimum Gasteiger partial charge on any atom is -0.330 e. The summed E-state index contributed by atoms with van der Waals surface area (Å²) < 4.78 is 1.99. The number of hydrogen-bond donors (Lipinski definition) is 1. The summed E-state index contributed by atoms with van der Waals surface area (Å²) in [5.41, 5.74) is 7.63. The van der Waals surface area contributed by atoms with Crippen molar-refractivity contribution in [3.8, 4) is 0 Å². The molecule has 0 spiro atoms. The largest absolute Gasteiger partial charge is 0.330 e. The van der Waals surface area contributed by atoms with E-state index in [9.17, 15) is 0 Å². The molecule has 2 heterocycles. The predicted molar refractivity (Wildman–Crippen MR) is 57.7 cm³/mol. The Morgan fingerprint density at radius 2 is 2.36 bits per heavy atom. The van der Waals surface area contributed by atoms with Crippen molar-refractivity contribution in [2.24, 2.45) is 5.73 Å². The van der Waals surface area contributed by atoms with Gasteiger partial charge < -0.3 is 10.1 Å². The van der Waals surface area contributed by atoms with E-state index in [2.05, 4.69) is 11.9 Å². The summed E-state index contributed by atoms with van der Waals surface area (Å²) in [5, 5.41) is 0.709. The van der Waals surface area contributed by atoms with Gasteiger partial charge in [0.25, 0.3) is 0 Å². The van der Waals surface area contributed by atoms with Crippen LogP contribution < -0.4 is 5.73 Å². The summed E-state index contributed by atoms with van der Waals surface area (Å²) in [6.07, 6.45) is 3.72. The number of imidazole rings is 1. The van der Waals surface area contributed by atoms with Crippen LogP contribution in [-0.2, 0) is 0 Å². The normalized spacial score (nSPS) is 13.4. The van der Waals surface area contributed by atoms with Crippen LogP contribution in [0.5, 0.6) is 0 Å². The van der Waals surface area contributed by atoms with E-state index in [4.69, 9.17) is 17.3 Å². The molecule has 2 N–H and O–H groups in total. The second-order valence-corrected chi connectivity index (χ2v) is 3.83. The number of nitrogens with two attached hydrogens (primary N) is 1. The minimum absolute atomic E-state index is 0.295. The molecule has 2 aromatic heterocycles. The van der Waals surface area contributed by atoms with E-state index in [1.165, 1.54) is 0 Å². The molecular weight excluding hydrogens is 198 g/mol. The Bertz CT molecular complexity index is 450. The standard InChI is InChI=1S/C10H12ClN3/c1-7(4-12)9-5-13-10-3-2-8(11)6-14(9)10/h2-3,5-7H,4,12H2,1H3/t7-/m1/s1. The first-order chi connectivity index (χ1) is 6.72. The van der Waals surface area contributed by atoms with Crippen LogP contribution in [0.1, 0.15) is 18.5 Å². The first-order valence-electron chi connectivity index (χ1n) is 4.55. The minimum atomic E-state index is 0.295. The van der Waals surface area contributed by atoms with Crippen molar-refractivity contribution in [3.63, 3.8) is 0 Å². The molecule has 2 aromatic rings. The fourth-order valence-electron chi connectivity index (χ4n) is 1.46. The number of hydrogen-bond acceptors (Lipinski definition) is 2. The Morgan fingerprint density at radius 3 is 3.07 bits per heavy atom. The third-order valence-corrected chi connectivity index (χ3v) is 2.58. The number of nitrogens with zero attached hydrogens (tertiary/aromatic N) is 2. The smallest absolute Gasteiger partial charge is 0.136 e. The molecule has 3 nitrogen and oxygen atoms in total. The Balaban J connectivity index is 2.61. The van der Waals surface area contributed by atoms with Crippen molar-refractivity contribution in [1.82, 2.24) is 9.38 Å². The van der Waals surface area contributed by atoms with Crippen LogP contribution in [0.25, 0.3) is 5.65 Å². The summed E-state index contributed by atoms with van der Waals surface area (Å²) in [7, 11) is 0. The molecule has 0 saturated heterocycles. The Labute approximate surface area is 87.5 Å². The van der Waals surface area contributed by atoms with Gasteiger partial charge in [-0.2, -0.15) is 0 Å². The van der Waals surface area contributed by atoms with Gasteiger partial charge >= 0.3 is 0 Å². The van der Waals surface area contributed by atoms with Gasteiger partial charge in [0.2, 0.25) is 0 Å². The second kappa shape index (κ2) is 3.59. The highest BCUT2D eigenvalue weighted by Gasteiger charge is 2.09. The second-order valence-electron chi connectivity index (χ2n) is 3.40. The molecular formula is C10H12ClN3. The number of aromatic nitrogens is 2. The molecule has 0 aliphatic heterocycles. The summed E-state index contributed by atoms with van der Waals surface area (Å²) in [6.45, 7) is 2.69. The Morgan fingerprint density at radius 1 is 1.57 bits per heavy atom. The van der Waals surface area contributed by atoms with Gasteiger partial charge in [0.05, 0.1) is 5.02 Å². The SMILES string of the molecule is C[C@H](CN)c1cnc2ccc(Cl)cn12. The van der Waals surface area contributed by atoms with Gasteiger partial charge in [-0.25, -0.2) is 4.98 Å². The van der Waals surface area contributed by atoms with Crippen molar-refractivity contribution in [1.29, 1.82) is 0 Å². The quantitative estimate of drug-likeness (QED) is 0.823. The zero-order valence-corrected chi connectivity index (χ0v) is 8.70. The molecule has 2 rings (SSSR count). The zero-order valence-electron chi connectivity index (χ0n) is 7.94. The highest BCUT2D eigenvalue weighted by atomic mass is 35.5. The highest BCUT2D eigenvalue weighted by molar-refractivity contribution is 6.30. The van der Waals surface area contributed by atoms with Crippen molar-refractivity contribution in [2.45, 2.75) is 12.8 Å². The van der Waals surface area contributed by atoms with E-state index in [1.807, 2.05) is 28.9 Å². The van der Waals surface area contributed by atoms with E-state index in [0.717, 1.165) is 11.3 Å². The van der Waals surface area contributed by atoms with Crippen molar-refractivity contribution in [2.75, 3.05) is 6.54 Å². The number of fused-ring (bicyclic) bond motifs is 1. The first kappa shape index (κ1) is 9.49. The van der Waals surface area contributed by atoms with E-state index in [0.29, 0.717) is 17.5 Å². The molecule has 4 heteroatoms. The van der Waals surface area contributed by atoms with Crippen LogP contribution in [0.3, 0.4) is 0 Å². The van der Waals surface area contributed by atoms with Gasteiger partial charge in [-0.1, -0.05) is 18.5 Å². The molecule has 1 atom stereocenters. The topological polar surface area (TPSA) is 43.3 Å². The molecule has 0 saturated carbocycles. The van der Waals surface area contributed by atoms with E-state index < -0.39 is 0 Å². The monoisotopic (exact) mass is 209 g/mol. The summed E-state index contributed by atoms with van der Waals surface area (Å²) >= 11 is 5.92. The van der Waals surface area contributed by atoms with Crippen molar-refractivity contribution in [3.05, 3.63) is 35.2 Å². The lowest BCUT2D eigenvalue weighted by Crippen LogP contribution is -2.10. The van der Waals surface area contributed by atoms with Gasteiger partial charge in [-0.15, -0.1) is 0 Å². The molecule has 0 fully saturated rings. The Kier molecular flexibility index (Phi) is 2.44. The van der Waals surface area contributed by atoms with Crippen LogP contribution in [0.2, 0.25) is 5.02 Å². The average molecular weight is 210 g/mol. The molecule has 0 amide bonds. The maximum atomic E-state index is 5.92. The lowest BCUT2D eigenvalue weighted by atomic mass is 10.1. The molecule has 0 aliphatic rings. The number of halogens is 1. The highest BCUT2D eigenvalue weighted by Crippen LogP contribution is 2.18. The molecule has 0 unspecified atom stereocenters. The maximum absolute atomic E-state index is 5.92. The lowest BCUT2D eigenvalue weighted by Gasteiger charge is -2.07. The van der Waals surface area contributed by atoms with Gasteiger partial charge in [-0.05, 0) is 12.1 Å². The lowest BCUT2D eigenvalue weighted by molar-refractivity contribution is 0.736. The molecule has 0 radical (unpaired) electrons. The van der Waals surface area contributed by atoms with Crippen LogP contribution in [0.4, 0.5) is 0 Å². The molecule has 14 heavy (non-hydrogen) atoms. The summed E-state index contributed by atoms with van der Waals surface area (Å²) in [6, 6.07) is 3.73. The van der Waals surface area contributed by atoms with Crippen LogP contribution in [0, 0.1) is 0 Å². The van der Waals surface area contributed by atoms with E-state index >= 15 is 0 Å². The van der Waals surface area contributed by atoms with Crippen molar-refractivity contribution >= 4 is 17.2 Å². The fourth-order valence-corrected chi connectivity index (χ4v) is 1.62. The molecule has 0 aromatic carbocycles. The molecule has 0 bridgehead atoms. The molecule has 74 valence electrons. The van der Waals surface area contributed by atoms with Gasteiger partial charge in [-0.3, -0.25) is 0 Å². The van der Waals surface area contributed by atoms with E-state index in [-0.39, 0.29) is 0 Å². The van der Waals surface area contributed by atoms with Crippen LogP contribution in [-0.4, -0.2) is 15.9 Å².